The van der Waals surface area contributed by atoms with Gasteiger partial charge in [0, 0.05) is 25.0 Å². The molecule has 4 saturated heterocycles. The quantitative estimate of drug-likeness (QED) is 0.0966. The largest absolute Gasteiger partial charge is 0.459 e. The molecule has 18 atom stereocenters. The number of methoxy groups -OCH3 is 1. The first-order valence-electron chi connectivity index (χ1n) is 17.9. The maximum Gasteiger partial charge on any atom is 0.311 e. The Morgan fingerprint density at radius 3 is 2.33 bits per heavy atom. The number of hydrogen-bond donors (Lipinski definition) is 4. The number of esters is 1. The first kappa shape index (κ1) is 39.8. The third-order valence-electron chi connectivity index (χ3n) is 11.5. The molecule has 280 valence electrons. The van der Waals surface area contributed by atoms with Crippen molar-refractivity contribution in [1.29, 1.82) is 0 Å². The summed E-state index contributed by atoms with van der Waals surface area (Å²) < 4.78 is 37.6. The minimum absolute atomic E-state index is 0.0235. The molecule has 13 heteroatoms. The van der Waals surface area contributed by atoms with Gasteiger partial charge in [-0.2, -0.15) is 0 Å². The van der Waals surface area contributed by atoms with Gasteiger partial charge in [0.15, 0.2) is 6.29 Å². The van der Waals surface area contributed by atoms with Crippen LogP contribution in [-0.4, -0.2) is 120 Å². The highest BCUT2D eigenvalue weighted by molar-refractivity contribution is 5.73. The predicted molar refractivity (Wildman–Crippen MR) is 174 cm³/mol. The van der Waals surface area contributed by atoms with Crippen LogP contribution in [0.4, 0.5) is 0 Å². The number of rotatable bonds is 13. The number of hydrogen-bond acceptors (Lipinski definition) is 13. The Morgan fingerprint density at radius 1 is 1.08 bits per heavy atom. The maximum atomic E-state index is 14.1. The van der Waals surface area contributed by atoms with Gasteiger partial charge in [-0.25, -0.2) is 9.78 Å². The molecule has 0 saturated carbocycles. The topological polar surface area (TPSA) is 167 Å². The summed E-state index contributed by atoms with van der Waals surface area (Å²) in [7, 11) is 3.38. The highest BCUT2D eigenvalue weighted by Gasteiger charge is 2.66. The lowest BCUT2D eigenvalue weighted by atomic mass is 9.76. The molecule has 0 aromatic heterocycles. The summed E-state index contributed by atoms with van der Waals surface area (Å²) in [4.78, 5) is 26.6. The number of carbonyl (C=O) groups excluding carboxylic acids is 1. The van der Waals surface area contributed by atoms with Gasteiger partial charge in [0.2, 0.25) is 5.79 Å². The molecule has 4 heterocycles. The van der Waals surface area contributed by atoms with Crippen molar-refractivity contribution in [2.75, 3.05) is 14.2 Å². The lowest BCUT2D eigenvalue weighted by Crippen LogP contribution is -2.57. The van der Waals surface area contributed by atoms with Crippen LogP contribution >= 0.6 is 0 Å². The van der Waals surface area contributed by atoms with E-state index >= 15 is 0 Å². The fourth-order valence-corrected chi connectivity index (χ4v) is 8.56. The molecule has 4 aliphatic heterocycles. The number of aliphatic hydroxyl groups is 3. The van der Waals surface area contributed by atoms with Crippen LogP contribution in [0.1, 0.15) is 94.9 Å². The second-order valence-electron chi connectivity index (χ2n) is 15.5. The Hall–Kier alpha value is -0.970. The van der Waals surface area contributed by atoms with Crippen molar-refractivity contribution >= 4 is 5.97 Å². The molecule has 0 spiro atoms. The fourth-order valence-electron chi connectivity index (χ4n) is 8.56. The lowest BCUT2D eigenvalue weighted by Gasteiger charge is -2.42. The normalized spacial score (nSPS) is 45.6. The molecule has 0 amide bonds. The zero-order valence-electron chi connectivity index (χ0n) is 31.0. The van der Waals surface area contributed by atoms with Crippen molar-refractivity contribution in [3.63, 3.8) is 0 Å². The summed E-state index contributed by atoms with van der Waals surface area (Å²) in [6, 6.07) is -0.210. The van der Waals surface area contributed by atoms with E-state index in [0.29, 0.717) is 19.3 Å². The number of aliphatic hydroxyl groups excluding tert-OH is 2. The van der Waals surface area contributed by atoms with E-state index in [4.69, 9.17) is 38.2 Å². The maximum absolute atomic E-state index is 14.1. The van der Waals surface area contributed by atoms with Crippen molar-refractivity contribution in [2.45, 2.75) is 179 Å². The smallest absolute Gasteiger partial charge is 0.311 e. The average Bonchev–Trinajstić information content (AvgIpc) is 3.69. The third kappa shape index (κ3) is 7.91. The van der Waals surface area contributed by atoms with Gasteiger partial charge in [0.25, 0.3) is 0 Å². The molecule has 0 radical (unpaired) electrons. The molecule has 7 unspecified atom stereocenters. The van der Waals surface area contributed by atoms with E-state index in [0.717, 1.165) is 0 Å². The summed E-state index contributed by atoms with van der Waals surface area (Å²) in [5.41, 5.74) is -2.66. The van der Waals surface area contributed by atoms with E-state index in [-0.39, 0.29) is 30.6 Å². The standard InChI is InChI=1S/C35H63NO12/c1-13-25(38)34(10,40)30-19(4)27-17(2)15-33(9,45-27)29(48-47-18(3)14-24(36-11)22(7)37)20(5)28(21(6)32(39)44-30)43-26-16-35(41-12)31(46-35)23(8)42-26/h17-31,36-38,40H,13-16H2,1-12H3/t17?,18?,19-,20-,21+,22?,23?,24?,25+,26-,27?,28-,29+,30+,31-,33+,34+,35?/m0/s1. The summed E-state index contributed by atoms with van der Waals surface area (Å²) in [6.45, 7) is 18.4. The van der Waals surface area contributed by atoms with Gasteiger partial charge in [-0.1, -0.05) is 27.7 Å². The predicted octanol–water partition coefficient (Wildman–Crippen LogP) is 2.85. The van der Waals surface area contributed by atoms with Gasteiger partial charge < -0.3 is 49.1 Å². The molecular formula is C35H63NO12. The van der Waals surface area contributed by atoms with Gasteiger partial charge in [-0.05, 0) is 73.8 Å². The van der Waals surface area contributed by atoms with Crippen LogP contribution in [0.15, 0.2) is 0 Å². The van der Waals surface area contributed by atoms with Crippen LogP contribution in [0.25, 0.3) is 0 Å². The molecule has 13 nitrogen and oxygen atoms in total. The van der Waals surface area contributed by atoms with Crippen molar-refractivity contribution in [2.24, 2.45) is 23.7 Å². The van der Waals surface area contributed by atoms with E-state index < -0.39 is 89.7 Å². The molecule has 4 aliphatic rings. The second kappa shape index (κ2) is 15.3. The van der Waals surface area contributed by atoms with Gasteiger partial charge in [0.1, 0.15) is 23.9 Å². The Kier molecular flexibility index (Phi) is 12.7. The van der Waals surface area contributed by atoms with Crippen molar-refractivity contribution in [1.82, 2.24) is 5.32 Å². The summed E-state index contributed by atoms with van der Waals surface area (Å²) in [5, 5.41) is 35.9. The van der Waals surface area contributed by atoms with E-state index in [1.165, 1.54) is 6.92 Å². The number of ether oxygens (including phenoxy) is 6. The minimum atomic E-state index is -1.76. The molecule has 0 aromatic rings. The summed E-state index contributed by atoms with van der Waals surface area (Å²) in [5.74, 6) is -3.27. The number of likely N-dealkylation sites (N-methyl/N-ethyl adjacent to an activating group) is 1. The van der Waals surface area contributed by atoms with Crippen LogP contribution in [0, 0.1) is 23.7 Å². The highest BCUT2D eigenvalue weighted by atomic mass is 17.2. The van der Waals surface area contributed by atoms with Crippen molar-refractivity contribution in [3.05, 3.63) is 0 Å². The number of cyclic esters (lactones) is 1. The molecule has 4 rings (SSSR count). The molecule has 4 N–H and O–H groups in total. The zero-order valence-corrected chi connectivity index (χ0v) is 31.0. The number of carbonyl (C=O) groups is 1. The van der Waals surface area contributed by atoms with Gasteiger partial charge in [-0.15, -0.1) is 0 Å². The van der Waals surface area contributed by atoms with Crippen LogP contribution in [0.2, 0.25) is 0 Å². The van der Waals surface area contributed by atoms with Crippen LogP contribution < -0.4 is 5.32 Å². The number of epoxide rings is 1. The Labute approximate surface area is 286 Å². The Morgan fingerprint density at radius 2 is 1.75 bits per heavy atom. The third-order valence-corrected chi connectivity index (χ3v) is 11.5. The van der Waals surface area contributed by atoms with E-state index in [1.807, 2.05) is 34.6 Å². The van der Waals surface area contributed by atoms with Crippen LogP contribution in [0.5, 0.6) is 0 Å². The first-order chi connectivity index (χ1) is 22.3. The Bertz CT molecular complexity index is 1080. The minimum Gasteiger partial charge on any atom is -0.459 e. The van der Waals surface area contributed by atoms with E-state index in [9.17, 15) is 20.1 Å². The molecular weight excluding hydrogens is 626 g/mol. The zero-order chi connectivity index (χ0) is 35.9. The molecule has 4 fully saturated rings. The molecule has 2 bridgehead atoms. The van der Waals surface area contributed by atoms with Crippen LogP contribution in [0.3, 0.4) is 0 Å². The average molecular weight is 690 g/mol. The van der Waals surface area contributed by atoms with Crippen molar-refractivity contribution in [3.8, 4) is 0 Å². The molecule has 48 heavy (non-hydrogen) atoms. The second-order valence-corrected chi connectivity index (χ2v) is 15.5. The fraction of sp³-hybridized carbons (Fsp3) is 0.971. The van der Waals surface area contributed by atoms with Crippen molar-refractivity contribution < 1.29 is 58.3 Å². The monoisotopic (exact) mass is 689 g/mol. The first-order valence-corrected chi connectivity index (χ1v) is 17.9. The van der Waals surface area contributed by atoms with Gasteiger partial charge in [-0.3, -0.25) is 4.79 Å². The lowest BCUT2D eigenvalue weighted by molar-refractivity contribution is -0.388. The SMILES string of the molecule is CC[C@@H](O)[C@@](C)(O)[C@@H]1OC(=O)[C@H](C)[C@@H](O[C@H]2CC3(OC)O[C@H]3C(C)O2)[C@H](C)[C@@H](OOC(C)CC(NC)C(C)O)[C@@]2(C)CC(C)C(O2)[C@@H]1C. The summed E-state index contributed by atoms with van der Waals surface area (Å²) in [6.07, 6.45) is -4.85. The number of fused-ring (bicyclic) bond motifs is 3. The summed E-state index contributed by atoms with van der Waals surface area (Å²) >= 11 is 0. The van der Waals surface area contributed by atoms with E-state index in [2.05, 4.69) is 12.2 Å². The van der Waals surface area contributed by atoms with E-state index in [1.54, 1.807) is 34.9 Å². The Balaban J connectivity index is 1.73. The van der Waals surface area contributed by atoms with Crippen LogP contribution in [-0.2, 0) is 43.0 Å². The molecule has 0 aliphatic carbocycles. The highest BCUT2D eigenvalue weighted by Crippen LogP contribution is 2.51. The molecule has 0 aromatic carbocycles. The van der Waals surface area contributed by atoms with Gasteiger partial charge >= 0.3 is 5.97 Å². The van der Waals surface area contributed by atoms with Gasteiger partial charge in [0.05, 0.1) is 54.6 Å². The number of nitrogens with one attached hydrogen (secondary N) is 1.